The summed E-state index contributed by atoms with van der Waals surface area (Å²) in [5.41, 5.74) is 1.65. The van der Waals surface area contributed by atoms with Gasteiger partial charge in [0.25, 0.3) is 0 Å². The Labute approximate surface area is 165 Å². The standard InChI is InChI=1S/C20H24N2O5S/c1-3-26-20(23)22-14-12-21(13-15-22)18-6-4-5-7-19(18)27-28(24,25)17-10-8-16(2)9-11-17/h4-11H,3,12-15H2,1-2H3. The summed E-state index contributed by atoms with van der Waals surface area (Å²) in [6.07, 6.45) is -0.325. The molecule has 150 valence electrons. The van der Waals surface area contributed by atoms with E-state index in [1.54, 1.807) is 36.1 Å². The lowest BCUT2D eigenvalue weighted by Gasteiger charge is -2.35. The van der Waals surface area contributed by atoms with E-state index in [2.05, 4.69) is 0 Å². The highest BCUT2D eigenvalue weighted by atomic mass is 32.2. The van der Waals surface area contributed by atoms with E-state index in [1.807, 2.05) is 24.0 Å². The van der Waals surface area contributed by atoms with Crippen LogP contribution in [0.5, 0.6) is 5.75 Å². The van der Waals surface area contributed by atoms with Gasteiger partial charge < -0.3 is 18.7 Å². The van der Waals surface area contributed by atoms with Gasteiger partial charge in [-0.25, -0.2) is 4.79 Å². The van der Waals surface area contributed by atoms with E-state index in [0.29, 0.717) is 38.5 Å². The van der Waals surface area contributed by atoms with Crippen LogP contribution in [0.2, 0.25) is 0 Å². The highest BCUT2D eigenvalue weighted by Crippen LogP contribution is 2.31. The molecule has 0 radical (unpaired) electrons. The second-order valence-corrected chi connectivity index (χ2v) is 8.04. The van der Waals surface area contributed by atoms with Crippen LogP contribution in [0.3, 0.4) is 0 Å². The zero-order valence-electron chi connectivity index (χ0n) is 16.0. The summed E-state index contributed by atoms with van der Waals surface area (Å²) in [6.45, 7) is 6.12. The predicted molar refractivity (Wildman–Crippen MR) is 106 cm³/mol. The molecule has 1 aliphatic rings. The Hall–Kier alpha value is -2.74. The summed E-state index contributed by atoms with van der Waals surface area (Å²) in [4.78, 5) is 15.6. The molecule has 1 saturated heterocycles. The van der Waals surface area contributed by atoms with Gasteiger partial charge in [0.1, 0.15) is 4.90 Å². The first-order valence-electron chi connectivity index (χ1n) is 9.17. The highest BCUT2D eigenvalue weighted by Gasteiger charge is 2.25. The Bertz CT molecular complexity index is 920. The topological polar surface area (TPSA) is 76.2 Å². The number of nitrogens with zero attached hydrogens (tertiary/aromatic N) is 2. The Morgan fingerprint density at radius 2 is 1.64 bits per heavy atom. The van der Waals surface area contributed by atoms with E-state index in [0.717, 1.165) is 5.56 Å². The van der Waals surface area contributed by atoms with Gasteiger partial charge in [-0.3, -0.25) is 0 Å². The van der Waals surface area contributed by atoms with Gasteiger partial charge in [-0.05, 0) is 38.1 Å². The molecule has 28 heavy (non-hydrogen) atoms. The normalized spacial score (nSPS) is 14.6. The van der Waals surface area contributed by atoms with Crippen molar-refractivity contribution in [2.24, 2.45) is 0 Å². The van der Waals surface area contributed by atoms with Crippen LogP contribution in [-0.4, -0.2) is 52.2 Å². The third-order valence-corrected chi connectivity index (χ3v) is 5.77. The lowest BCUT2D eigenvalue weighted by atomic mass is 10.2. The van der Waals surface area contributed by atoms with Crippen molar-refractivity contribution in [3.05, 3.63) is 54.1 Å². The number of aryl methyl sites for hydroxylation is 1. The van der Waals surface area contributed by atoms with Crippen molar-refractivity contribution in [2.75, 3.05) is 37.7 Å². The average molecular weight is 404 g/mol. The predicted octanol–water partition coefficient (Wildman–Crippen LogP) is 3.04. The molecule has 0 aromatic heterocycles. The quantitative estimate of drug-likeness (QED) is 0.713. The minimum atomic E-state index is -3.93. The van der Waals surface area contributed by atoms with Crippen LogP contribution < -0.4 is 9.08 Å². The summed E-state index contributed by atoms with van der Waals surface area (Å²) in [6, 6.07) is 13.6. The molecule has 0 spiro atoms. The van der Waals surface area contributed by atoms with Crippen molar-refractivity contribution in [3.8, 4) is 5.75 Å². The molecule has 0 saturated carbocycles. The van der Waals surface area contributed by atoms with Gasteiger partial charge in [-0.1, -0.05) is 29.8 Å². The van der Waals surface area contributed by atoms with Gasteiger partial charge in [0.2, 0.25) is 0 Å². The zero-order chi connectivity index (χ0) is 20.1. The highest BCUT2D eigenvalue weighted by molar-refractivity contribution is 7.87. The van der Waals surface area contributed by atoms with Crippen LogP contribution in [0.25, 0.3) is 0 Å². The maximum Gasteiger partial charge on any atom is 0.409 e. The molecular formula is C20H24N2O5S. The fourth-order valence-electron chi connectivity index (χ4n) is 3.00. The number of carbonyl (C=O) groups is 1. The van der Waals surface area contributed by atoms with Crippen molar-refractivity contribution in [1.82, 2.24) is 4.90 Å². The monoisotopic (exact) mass is 404 g/mol. The van der Waals surface area contributed by atoms with Gasteiger partial charge >= 0.3 is 16.2 Å². The van der Waals surface area contributed by atoms with E-state index in [1.165, 1.54) is 12.1 Å². The number of ether oxygens (including phenoxy) is 1. The SMILES string of the molecule is CCOC(=O)N1CCN(c2ccccc2OS(=O)(=O)c2ccc(C)cc2)CC1. The first-order chi connectivity index (χ1) is 13.4. The second-order valence-electron chi connectivity index (χ2n) is 6.49. The van der Waals surface area contributed by atoms with E-state index < -0.39 is 10.1 Å². The van der Waals surface area contributed by atoms with Crippen molar-refractivity contribution in [1.29, 1.82) is 0 Å². The Morgan fingerprint density at radius 3 is 2.29 bits per heavy atom. The largest absolute Gasteiger partial charge is 0.450 e. The number of anilines is 1. The lowest BCUT2D eigenvalue weighted by molar-refractivity contribution is 0.105. The summed E-state index contributed by atoms with van der Waals surface area (Å²) in [5, 5.41) is 0. The van der Waals surface area contributed by atoms with Crippen LogP contribution in [0, 0.1) is 6.92 Å². The zero-order valence-corrected chi connectivity index (χ0v) is 16.8. The fraction of sp³-hybridized carbons (Fsp3) is 0.350. The number of rotatable bonds is 5. The number of benzene rings is 2. The van der Waals surface area contributed by atoms with E-state index in [-0.39, 0.29) is 16.7 Å². The van der Waals surface area contributed by atoms with Gasteiger partial charge in [0.15, 0.2) is 5.75 Å². The van der Waals surface area contributed by atoms with Crippen LogP contribution >= 0.6 is 0 Å². The number of hydrogen-bond donors (Lipinski definition) is 0. The molecule has 3 rings (SSSR count). The molecule has 2 aromatic carbocycles. The first kappa shape index (κ1) is 20.0. The van der Waals surface area contributed by atoms with Crippen LogP contribution in [-0.2, 0) is 14.9 Å². The number of hydrogen-bond acceptors (Lipinski definition) is 6. The fourth-order valence-corrected chi connectivity index (χ4v) is 3.95. The van der Waals surface area contributed by atoms with E-state index >= 15 is 0 Å². The van der Waals surface area contributed by atoms with Crippen LogP contribution in [0.4, 0.5) is 10.5 Å². The molecule has 1 heterocycles. The smallest absolute Gasteiger partial charge is 0.409 e. The molecule has 0 aliphatic carbocycles. The Morgan fingerprint density at radius 1 is 1.00 bits per heavy atom. The van der Waals surface area contributed by atoms with Gasteiger partial charge in [-0.15, -0.1) is 0 Å². The van der Waals surface area contributed by atoms with Crippen molar-refractivity contribution in [3.63, 3.8) is 0 Å². The maximum absolute atomic E-state index is 12.7. The number of amides is 1. The molecule has 0 N–H and O–H groups in total. The minimum absolute atomic E-state index is 0.111. The molecule has 0 bridgehead atoms. The number of para-hydroxylation sites is 2. The first-order valence-corrected chi connectivity index (χ1v) is 10.6. The van der Waals surface area contributed by atoms with Crippen molar-refractivity contribution < 1.29 is 22.1 Å². The minimum Gasteiger partial charge on any atom is -0.450 e. The molecule has 1 aliphatic heterocycles. The summed E-state index contributed by atoms with van der Waals surface area (Å²) in [7, 11) is -3.93. The Kier molecular flexibility index (Phi) is 6.08. The maximum atomic E-state index is 12.7. The third-order valence-electron chi connectivity index (χ3n) is 4.52. The molecule has 1 amide bonds. The lowest BCUT2D eigenvalue weighted by Crippen LogP contribution is -2.49. The number of carbonyl (C=O) groups excluding carboxylic acids is 1. The average Bonchev–Trinajstić information content (AvgIpc) is 2.69. The molecule has 2 aromatic rings. The van der Waals surface area contributed by atoms with Gasteiger partial charge in [0, 0.05) is 26.2 Å². The van der Waals surface area contributed by atoms with Crippen LogP contribution in [0.1, 0.15) is 12.5 Å². The van der Waals surface area contributed by atoms with Crippen molar-refractivity contribution in [2.45, 2.75) is 18.7 Å². The molecule has 0 atom stereocenters. The van der Waals surface area contributed by atoms with E-state index in [4.69, 9.17) is 8.92 Å². The number of piperazine rings is 1. The van der Waals surface area contributed by atoms with Gasteiger partial charge in [-0.2, -0.15) is 8.42 Å². The molecule has 7 nitrogen and oxygen atoms in total. The van der Waals surface area contributed by atoms with E-state index in [9.17, 15) is 13.2 Å². The Balaban J connectivity index is 1.75. The van der Waals surface area contributed by atoms with Crippen LogP contribution in [0.15, 0.2) is 53.4 Å². The molecular weight excluding hydrogens is 380 g/mol. The van der Waals surface area contributed by atoms with Crippen molar-refractivity contribution >= 4 is 21.9 Å². The third kappa shape index (κ3) is 4.56. The molecule has 0 unspecified atom stereocenters. The summed E-state index contributed by atoms with van der Waals surface area (Å²) in [5.74, 6) is 0.271. The molecule has 1 fully saturated rings. The summed E-state index contributed by atoms with van der Waals surface area (Å²) >= 11 is 0. The molecule has 8 heteroatoms. The summed E-state index contributed by atoms with van der Waals surface area (Å²) < 4.78 is 35.8. The second kappa shape index (κ2) is 8.52. The van der Waals surface area contributed by atoms with Gasteiger partial charge in [0.05, 0.1) is 12.3 Å².